The van der Waals surface area contributed by atoms with Gasteiger partial charge in [-0.25, -0.2) is 4.99 Å². The van der Waals surface area contributed by atoms with Gasteiger partial charge in [0.05, 0.1) is 12.8 Å². The number of aliphatic imine (C=N–C) groups is 1. The van der Waals surface area contributed by atoms with Crippen molar-refractivity contribution in [1.29, 1.82) is 0 Å². The summed E-state index contributed by atoms with van der Waals surface area (Å²) in [6.07, 6.45) is 7.22. The number of furan rings is 1. The molecule has 0 N–H and O–H groups in total. The Morgan fingerprint density at radius 3 is 2.22 bits per heavy atom. The fraction of sp³-hybridized carbons (Fsp3) is 0.0435. The van der Waals surface area contributed by atoms with E-state index in [0.29, 0.717) is 23.8 Å². The smallest absolute Gasteiger partial charge is 0.278 e. The Balaban J connectivity index is 1.66. The van der Waals surface area contributed by atoms with E-state index in [9.17, 15) is 4.79 Å². The van der Waals surface area contributed by atoms with Gasteiger partial charge in [-0.3, -0.25) is 9.69 Å². The maximum Gasteiger partial charge on any atom is 0.278 e. The summed E-state index contributed by atoms with van der Waals surface area (Å²) < 4.78 is 5.42. The normalized spacial score (nSPS) is 15.7. The number of amidine groups is 1. The molecule has 0 atom stereocenters. The molecular weight excluding hydrogens is 336 g/mol. The molecule has 4 nitrogen and oxygen atoms in total. The molecule has 4 rings (SSSR count). The maximum atomic E-state index is 12.9. The predicted molar refractivity (Wildman–Crippen MR) is 107 cm³/mol. The Labute approximate surface area is 157 Å². The third kappa shape index (κ3) is 3.96. The SMILES string of the molecule is O=C1/C(=C/c2ccccc2)N=C(/C=C/c2ccccc2)N1Cc1ccco1. The molecule has 0 saturated heterocycles. The molecule has 2 aromatic carbocycles. The number of amides is 1. The Morgan fingerprint density at radius 2 is 1.56 bits per heavy atom. The van der Waals surface area contributed by atoms with E-state index in [4.69, 9.17) is 4.42 Å². The second kappa shape index (κ2) is 7.70. The molecule has 1 aromatic heterocycles. The van der Waals surface area contributed by atoms with Gasteiger partial charge in [-0.2, -0.15) is 0 Å². The van der Waals surface area contributed by atoms with Crippen LogP contribution in [0.15, 0.2) is 100 Å². The fourth-order valence-corrected chi connectivity index (χ4v) is 2.85. The van der Waals surface area contributed by atoms with Crippen LogP contribution in [0, 0.1) is 0 Å². The highest BCUT2D eigenvalue weighted by atomic mass is 16.3. The molecule has 3 aromatic rings. The molecule has 0 aliphatic carbocycles. The Kier molecular flexibility index (Phi) is 4.79. The first-order chi connectivity index (χ1) is 13.3. The minimum atomic E-state index is -0.136. The molecule has 0 bridgehead atoms. The van der Waals surface area contributed by atoms with E-state index in [0.717, 1.165) is 11.1 Å². The van der Waals surface area contributed by atoms with E-state index >= 15 is 0 Å². The van der Waals surface area contributed by atoms with Gasteiger partial charge in [-0.1, -0.05) is 66.7 Å². The molecule has 27 heavy (non-hydrogen) atoms. The van der Waals surface area contributed by atoms with Crippen molar-refractivity contribution in [2.75, 3.05) is 0 Å². The molecule has 1 aliphatic rings. The van der Waals surface area contributed by atoms with Crippen molar-refractivity contribution >= 4 is 23.9 Å². The van der Waals surface area contributed by atoms with Gasteiger partial charge in [0.25, 0.3) is 5.91 Å². The van der Waals surface area contributed by atoms with Crippen LogP contribution in [0.25, 0.3) is 12.2 Å². The second-order valence-electron chi connectivity index (χ2n) is 6.12. The molecular formula is C23H18N2O2. The molecule has 2 heterocycles. The Morgan fingerprint density at radius 1 is 0.852 bits per heavy atom. The summed E-state index contributed by atoms with van der Waals surface area (Å²) in [5, 5.41) is 0. The predicted octanol–water partition coefficient (Wildman–Crippen LogP) is 4.77. The molecule has 1 amide bonds. The van der Waals surface area contributed by atoms with E-state index in [1.807, 2.05) is 84.9 Å². The fourth-order valence-electron chi connectivity index (χ4n) is 2.85. The number of carbonyl (C=O) groups excluding carboxylic acids is 1. The van der Waals surface area contributed by atoms with Gasteiger partial charge in [-0.15, -0.1) is 0 Å². The Bertz CT molecular complexity index is 1000. The molecule has 4 heteroatoms. The summed E-state index contributed by atoms with van der Waals surface area (Å²) in [5.41, 5.74) is 2.40. The monoisotopic (exact) mass is 354 g/mol. The molecule has 0 saturated carbocycles. The third-order valence-electron chi connectivity index (χ3n) is 4.20. The van der Waals surface area contributed by atoms with E-state index in [-0.39, 0.29) is 5.91 Å². The van der Waals surface area contributed by atoms with Crippen molar-refractivity contribution < 1.29 is 9.21 Å². The molecule has 0 fully saturated rings. The first-order valence-electron chi connectivity index (χ1n) is 8.72. The van der Waals surface area contributed by atoms with Crippen LogP contribution in [0.1, 0.15) is 16.9 Å². The zero-order valence-corrected chi connectivity index (χ0v) is 14.7. The van der Waals surface area contributed by atoms with Gasteiger partial charge < -0.3 is 4.42 Å². The van der Waals surface area contributed by atoms with Crippen LogP contribution in [0.2, 0.25) is 0 Å². The molecule has 0 unspecified atom stereocenters. The van der Waals surface area contributed by atoms with Crippen LogP contribution in [0.3, 0.4) is 0 Å². The first kappa shape index (κ1) is 16.8. The van der Waals surface area contributed by atoms with Gasteiger partial charge in [0.1, 0.15) is 17.3 Å². The summed E-state index contributed by atoms with van der Waals surface area (Å²) in [6, 6.07) is 23.3. The highest BCUT2D eigenvalue weighted by molar-refractivity contribution is 6.18. The quantitative estimate of drug-likeness (QED) is 0.619. The highest BCUT2D eigenvalue weighted by Crippen LogP contribution is 2.22. The number of benzene rings is 2. The van der Waals surface area contributed by atoms with Gasteiger partial charge in [0.15, 0.2) is 0 Å². The lowest BCUT2D eigenvalue weighted by atomic mass is 10.2. The molecule has 1 aliphatic heterocycles. The van der Waals surface area contributed by atoms with E-state index in [2.05, 4.69) is 4.99 Å². The van der Waals surface area contributed by atoms with Crippen LogP contribution >= 0.6 is 0 Å². The molecule has 0 spiro atoms. The van der Waals surface area contributed by atoms with Crippen molar-refractivity contribution in [3.05, 3.63) is 108 Å². The highest BCUT2D eigenvalue weighted by Gasteiger charge is 2.29. The summed E-state index contributed by atoms with van der Waals surface area (Å²) >= 11 is 0. The second-order valence-corrected chi connectivity index (χ2v) is 6.12. The number of hydrogen-bond donors (Lipinski definition) is 0. The van der Waals surface area contributed by atoms with Crippen molar-refractivity contribution in [3.8, 4) is 0 Å². The lowest BCUT2D eigenvalue weighted by molar-refractivity contribution is -0.123. The van der Waals surface area contributed by atoms with Crippen molar-refractivity contribution in [1.82, 2.24) is 4.90 Å². The minimum absolute atomic E-state index is 0.136. The number of rotatable bonds is 5. The van der Waals surface area contributed by atoms with E-state index in [1.165, 1.54) is 0 Å². The van der Waals surface area contributed by atoms with Gasteiger partial charge in [0, 0.05) is 0 Å². The van der Waals surface area contributed by atoms with Gasteiger partial charge in [0.2, 0.25) is 0 Å². The van der Waals surface area contributed by atoms with Crippen LogP contribution in [0.5, 0.6) is 0 Å². The standard InChI is InChI=1S/C23H18N2O2/c26-23-21(16-19-10-5-2-6-11-19)24-22(14-13-18-8-3-1-4-9-18)25(23)17-20-12-7-15-27-20/h1-16H,17H2/b14-13+,21-16-. The zero-order chi connectivity index (χ0) is 18.5. The largest absolute Gasteiger partial charge is 0.467 e. The molecule has 132 valence electrons. The molecule has 0 radical (unpaired) electrons. The number of hydrogen-bond acceptors (Lipinski definition) is 3. The lowest BCUT2D eigenvalue weighted by Crippen LogP contribution is -2.30. The lowest BCUT2D eigenvalue weighted by Gasteiger charge is -2.14. The van der Waals surface area contributed by atoms with Gasteiger partial charge in [-0.05, 0) is 35.4 Å². The Hall–Kier alpha value is -3.66. The minimum Gasteiger partial charge on any atom is -0.467 e. The zero-order valence-electron chi connectivity index (χ0n) is 14.7. The topological polar surface area (TPSA) is 45.8 Å². The first-order valence-corrected chi connectivity index (χ1v) is 8.72. The van der Waals surface area contributed by atoms with Crippen molar-refractivity contribution in [2.45, 2.75) is 6.54 Å². The average molecular weight is 354 g/mol. The average Bonchev–Trinajstić information content (AvgIpc) is 3.32. The summed E-state index contributed by atoms with van der Waals surface area (Å²) in [5.74, 6) is 1.18. The van der Waals surface area contributed by atoms with Crippen LogP contribution in [-0.4, -0.2) is 16.6 Å². The van der Waals surface area contributed by atoms with E-state index in [1.54, 1.807) is 17.2 Å². The number of nitrogens with zero attached hydrogens (tertiary/aromatic N) is 2. The van der Waals surface area contributed by atoms with Crippen LogP contribution in [0.4, 0.5) is 0 Å². The summed E-state index contributed by atoms with van der Waals surface area (Å²) in [7, 11) is 0. The van der Waals surface area contributed by atoms with Crippen molar-refractivity contribution in [2.24, 2.45) is 4.99 Å². The van der Waals surface area contributed by atoms with E-state index < -0.39 is 0 Å². The van der Waals surface area contributed by atoms with Crippen LogP contribution < -0.4 is 0 Å². The maximum absolute atomic E-state index is 12.9. The summed E-state index contributed by atoms with van der Waals surface area (Å²) in [4.78, 5) is 19.1. The van der Waals surface area contributed by atoms with Gasteiger partial charge >= 0.3 is 0 Å². The third-order valence-corrected chi connectivity index (χ3v) is 4.20. The summed E-state index contributed by atoms with van der Waals surface area (Å²) in [6.45, 7) is 0.343. The van der Waals surface area contributed by atoms with Crippen LogP contribution in [-0.2, 0) is 11.3 Å². The number of carbonyl (C=O) groups is 1. The van der Waals surface area contributed by atoms with Crippen molar-refractivity contribution in [3.63, 3.8) is 0 Å².